The summed E-state index contributed by atoms with van der Waals surface area (Å²) in [5.74, 6) is 1.07. The molecule has 2 heterocycles. The number of para-hydroxylation sites is 1. The average Bonchev–Trinajstić information content (AvgIpc) is 2.96. The van der Waals surface area contributed by atoms with Crippen LogP contribution in [0.15, 0.2) is 48.5 Å². The summed E-state index contributed by atoms with van der Waals surface area (Å²) in [6.07, 6.45) is 2.25. The normalized spacial score (nSPS) is 19.1. The minimum atomic E-state index is 0.196. The number of nitriles is 1. The zero-order valence-corrected chi connectivity index (χ0v) is 13.2. The number of hydrogen-bond donors (Lipinski definition) is 0. The molecule has 0 atom stereocenters. The van der Waals surface area contributed by atoms with Crippen molar-refractivity contribution in [2.75, 3.05) is 19.7 Å². The highest BCUT2D eigenvalue weighted by atomic mass is 16.5. The molecule has 0 radical (unpaired) electrons. The number of nitrogens with zero attached hydrogens (tertiary/aromatic N) is 2. The Kier molecular flexibility index (Phi) is 3.55. The van der Waals surface area contributed by atoms with Crippen LogP contribution in [0.1, 0.15) is 29.5 Å². The second-order valence-electron chi connectivity index (χ2n) is 6.61. The molecule has 0 saturated carbocycles. The van der Waals surface area contributed by atoms with Crippen LogP contribution in [0.4, 0.5) is 0 Å². The van der Waals surface area contributed by atoms with E-state index in [0.717, 1.165) is 56.0 Å². The van der Waals surface area contributed by atoms with E-state index >= 15 is 0 Å². The van der Waals surface area contributed by atoms with Crippen molar-refractivity contribution in [1.82, 2.24) is 4.90 Å². The van der Waals surface area contributed by atoms with Gasteiger partial charge in [-0.2, -0.15) is 5.26 Å². The molecule has 0 bridgehead atoms. The van der Waals surface area contributed by atoms with Gasteiger partial charge in [-0.3, -0.25) is 4.90 Å². The third-order valence-electron chi connectivity index (χ3n) is 5.31. The molecule has 23 heavy (non-hydrogen) atoms. The van der Waals surface area contributed by atoms with Gasteiger partial charge < -0.3 is 4.74 Å². The van der Waals surface area contributed by atoms with Crippen molar-refractivity contribution < 1.29 is 4.74 Å². The van der Waals surface area contributed by atoms with E-state index in [1.54, 1.807) is 0 Å². The first-order valence-corrected chi connectivity index (χ1v) is 8.23. The van der Waals surface area contributed by atoms with Crippen LogP contribution in [-0.4, -0.2) is 24.6 Å². The van der Waals surface area contributed by atoms with Crippen LogP contribution in [0.3, 0.4) is 0 Å². The molecule has 3 nitrogen and oxygen atoms in total. The molecular formula is C20H20N2O. The van der Waals surface area contributed by atoms with Crippen LogP contribution in [0.5, 0.6) is 5.75 Å². The molecule has 4 rings (SSSR count). The van der Waals surface area contributed by atoms with Gasteiger partial charge in [0.25, 0.3) is 0 Å². The first kappa shape index (κ1) is 14.3. The smallest absolute Gasteiger partial charge is 0.123 e. The summed E-state index contributed by atoms with van der Waals surface area (Å²) in [4.78, 5) is 2.46. The lowest BCUT2D eigenvalue weighted by molar-refractivity contribution is 0.130. The number of rotatable bonds is 2. The van der Waals surface area contributed by atoms with Crippen LogP contribution < -0.4 is 4.74 Å². The first-order chi connectivity index (χ1) is 11.3. The Hall–Kier alpha value is -2.31. The third-order valence-corrected chi connectivity index (χ3v) is 5.31. The maximum absolute atomic E-state index is 9.24. The number of hydrogen-bond acceptors (Lipinski definition) is 3. The second kappa shape index (κ2) is 5.72. The summed E-state index contributed by atoms with van der Waals surface area (Å²) in [6, 6.07) is 18.7. The molecule has 0 unspecified atom stereocenters. The monoisotopic (exact) mass is 304 g/mol. The van der Waals surface area contributed by atoms with Gasteiger partial charge in [-0.1, -0.05) is 36.4 Å². The maximum atomic E-state index is 9.24. The Bertz CT molecular complexity index is 754. The number of likely N-dealkylation sites (tertiary alicyclic amines) is 1. The third kappa shape index (κ3) is 2.50. The molecule has 2 aromatic carbocycles. The highest BCUT2D eigenvalue weighted by Crippen LogP contribution is 2.45. The molecule has 2 aliphatic heterocycles. The first-order valence-electron chi connectivity index (χ1n) is 8.23. The van der Waals surface area contributed by atoms with Crippen LogP contribution in [-0.2, 0) is 12.0 Å². The van der Waals surface area contributed by atoms with Crippen molar-refractivity contribution in [2.24, 2.45) is 0 Å². The molecule has 0 amide bonds. The van der Waals surface area contributed by atoms with Gasteiger partial charge in [0.15, 0.2) is 0 Å². The molecule has 1 saturated heterocycles. The van der Waals surface area contributed by atoms with E-state index < -0.39 is 0 Å². The zero-order valence-electron chi connectivity index (χ0n) is 13.2. The molecule has 116 valence electrons. The lowest BCUT2D eigenvalue weighted by Crippen LogP contribution is -2.43. The Labute approximate surface area is 137 Å². The van der Waals surface area contributed by atoms with Crippen LogP contribution >= 0.6 is 0 Å². The number of benzene rings is 2. The fraction of sp³-hybridized carbons (Fsp3) is 0.350. The summed E-state index contributed by atoms with van der Waals surface area (Å²) in [7, 11) is 0. The quantitative estimate of drug-likeness (QED) is 0.852. The number of piperidine rings is 1. The molecule has 0 N–H and O–H groups in total. The molecule has 0 aromatic heterocycles. The molecule has 0 aliphatic carbocycles. The minimum absolute atomic E-state index is 0.196. The van der Waals surface area contributed by atoms with Crippen molar-refractivity contribution >= 4 is 0 Å². The SMILES string of the molecule is N#Cc1ccccc1CN1CCC2(CC1)COc1ccccc12. The van der Waals surface area contributed by atoms with Gasteiger partial charge in [-0.25, -0.2) is 0 Å². The Balaban J connectivity index is 1.47. The summed E-state index contributed by atoms with van der Waals surface area (Å²) in [5, 5.41) is 9.24. The van der Waals surface area contributed by atoms with E-state index in [2.05, 4.69) is 35.2 Å². The second-order valence-corrected chi connectivity index (χ2v) is 6.61. The van der Waals surface area contributed by atoms with E-state index in [1.165, 1.54) is 5.56 Å². The van der Waals surface area contributed by atoms with Gasteiger partial charge in [0.05, 0.1) is 18.2 Å². The van der Waals surface area contributed by atoms with Crippen molar-refractivity contribution in [3.8, 4) is 11.8 Å². The van der Waals surface area contributed by atoms with E-state index in [0.29, 0.717) is 0 Å². The summed E-state index contributed by atoms with van der Waals surface area (Å²) in [5.41, 5.74) is 3.51. The summed E-state index contributed by atoms with van der Waals surface area (Å²) >= 11 is 0. The molecular weight excluding hydrogens is 284 g/mol. The Morgan fingerprint density at radius 2 is 1.78 bits per heavy atom. The molecule has 2 aromatic rings. The van der Waals surface area contributed by atoms with Crippen LogP contribution in [0.25, 0.3) is 0 Å². The molecule has 1 spiro atoms. The number of ether oxygens (including phenoxy) is 1. The predicted octanol–water partition coefficient (Wildman–Crippen LogP) is 3.48. The topological polar surface area (TPSA) is 36.3 Å². The maximum Gasteiger partial charge on any atom is 0.123 e. The van der Waals surface area contributed by atoms with Gasteiger partial charge in [-0.15, -0.1) is 0 Å². The standard InChI is InChI=1S/C20H20N2O/c21-13-16-5-1-2-6-17(16)14-22-11-9-20(10-12-22)15-23-19-8-4-3-7-18(19)20/h1-8H,9-12,14-15H2. The van der Waals surface area contributed by atoms with Crippen molar-refractivity contribution in [1.29, 1.82) is 5.26 Å². The Morgan fingerprint density at radius 3 is 2.61 bits per heavy atom. The fourth-order valence-corrected chi connectivity index (χ4v) is 3.89. The summed E-state index contributed by atoms with van der Waals surface area (Å²) in [6.45, 7) is 3.78. The van der Waals surface area contributed by atoms with E-state index in [9.17, 15) is 5.26 Å². The van der Waals surface area contributed by atoms with Crippen molar-refractivity contribution in [3.05, 3.63) is 65.2 Å². The van der Waals surface area contributed by atoms with Gasteiger partial charge in [0, 0.05) is 17.5 Å². The minimum Gasteiger partial charge on any atom is -0.492 e. The van der Waals surface area contributed by atoms with Gasteiger partial charge >= 0.3 is 0 Å². The van der Waals surface area contributed by atoms with Gasteiger partial charge in [0.1, 0.15) is 5.75 Å². The predicted molar refractivity (Wildman–Crippen MR) is 89.3 cm³/mol. The van der Waals surface area contributed by atoms with Crippen LogP contribution in [0, 0.1) is 11.3 Å². The fourth-order valence-electron chi connectivity index (χ4n) is 3.89. The molecule has 1 fully saturated rings. The highest BCUT2D eigenvalue weighted by molar-refractivity contribution is 5.44. The lowest BCUT2D eigenvalue weighted by Gasteiger charge is -2.38. The van der Waals surface area contributed by atoms with E-state index in [-0.39, 0.29) is 5.41 Å². The van der Waals surface area contributed by atoms with Crippen molar-refractivity contribution in [2.45, 2.75) is 24.8 Å². The summed E-state index contributed by atoms with van der Waals surface area (Å²) < 4.78 is 5.92. The largest absolute Gasteiger partial charge is 0.492 e. The lowest BCUT2D eigenvalue weighted by atomic mass is 9.74. The van der Waals surface area contributed by atoms with E-state index in [1.807, 2.05) is 24.3 Å². The zero-order chi connectivity index (χ0) is 15.7. The molecule has 3 heteroatoms. The molecule has 2 aliphatic rings. The van der Waals surface area contributed by atoms with Crippen LogP contribution in [0.2, 0.25) is 0 Å². The average molecular weight is 304 g/mol. The Morgan fingerprint density at radius 1 is 1.04 bits per heavy atom. The van der Waals surface area contributed by atoms with Gasteiger partial charge in [0.2, 0.25) is 0 Å². The van der Waals surface area contributed by atoms with E-state index in [4.69, 9.17) is 4.74 Å². The number of fused-ring (bicyclic) bond motifs is 2. The van der Waals surface area contributed by atoms with Crippen molar-refractivity contribution in [3.63, 3.8) is 0 Å². The highest BCUT2D eigenvalue weighted by Gasteiger charge is 2.42. The van der Waals surface area contributed by atoms with Gasteiger partial charge in [-0.05, 0) is 43.6 Å².